The van der Waals surface area contributed by atoms with Crippen LogP contribution in [0.4, 0.5) is 5.13 Å². The highest BCUT2D eigenvalue weighted by Crippen LogP contribution is 2.20. The SMILES string of the molecule is CC(C)CN(CC(=O)Nc1nc(CC(=O)N2C[C@H](C)O[C@@H](C)C2)cs1)C(=O)c1ccccc1Cl. The highest BCUT2D eigenvalue weighted by molar-refractivity contribution is 7.13. The zero-order valence-electron chi connectivity index (χ0n) is 19.9. The molecule has 2 atom stereocenters. The number of amides is 3. The van der Waals surface area contributed by atoms with Gasteiger partial charge in [-0.2, -0.15) is 0 Å². The molecule has 1 aliphatic rings. The summed E-state index contributed by atoms with van der Waals surface area (Å²) in [5.41, 5.74) is 0.961. The second-order valence-electron chi connectivity index (χ2n) is 8.98. The molecule has 0 bridgehead atoms. The molecule has 0 spiro atoms. The van der Waals surface area contributed by atoms with Gasteiger partial charge in [0.05, 0.1) is 34.9 Å². The molecule has 1 aromatic carbocycles. The molecular weight excluding hydrogens is 476 g/mol. The summed E-state index contributed by atoms with van der Waals surface area (Å²) >= 11 is 7.44. The first-order valence-corrected chi connectivity index (χ1v) is 12.6. The van der Waals surface area contributed by atoms with Crippen molar-refractivity contribution >= 4 is 45.8 Å². The van der Waals surface area contributed by atoms with Crippen molar-refractivity contribution in [1.82, 2.24) is 14.8 Å². The number of aromatic nitrogens is 1. The number of ether oxygens (including phenoxy) is 1. The fourth-order valence-corrected chi connectivity index (χ4v) is 4.83. The van der Waals surface area contributed by atoms with E-state index in [1.807, 2.05) is 27.7 Å². The van der Waals surface area contributed by atoms with Crippen LogP contribution in [0.15, 0.2) is 29.6 Å². The number of thiazole rings is 1. The minimum Gasteiger partial charge on any atom is -0.372 e. The van der Waals surface area contributed by atoms with Gasteiger partial charge in [-0.25, -0.2) is 4.98 Å². The van der Waals surface area contributed by atoms with Crippen LogP contribution in [-0.4, -0.2) is 70.9 Å². The minimum absolute atomic E-state index is 0.000227. The molecule has 1 N–H and O–H groups in total. The molecule has 3 amide bonds. The van der Waals surface area contributed by atoms with E-state index in [0.29, 0.717) is 41.0 Å². The Bertz CT molecular complexity index is 1020. The molecule has 0 unspecified atom stereocenters. The molecule has 1 aliphatic heterocycles. The fourth-order valence-electron chi connectivity index (χ4n) is 3.89. The number of halogens is 1. The molecule has 34 heavy (non-hydrogen) atoms. The standard InChI is InChI=1S/C24H31ClN4O4S/c1-15(2)10-29(23(32)19-7-5-6-8-20(19)25)13-21(30)27-24-26-18(14-34-24)9-22(31)28-11-16(3)33-17(4)12-28/h5-8,14-17H,9-13H2,1-4H3,(H,26,27,30)/t16-,17-/m0/s1. The number of nitrogens with zero attached hydrogens (tertiary/aromatic N) is 3. The number of morpholine rings is 1. The van der Waals surface area contributed by atoms with Crippen LogP contribution in [0.1, 0.15) is 43.7 Å². The Balaban J connectivity index is 1.59. The maximum Gasteiger partial charge on any atom is 0.255 e. The summed E-state index contributed by atoms with van der Waals surface area (Å²) in [5.74, 6) is -0.501. The van der Waals surface area contributed by atoms with Gasteiger partial charge in [0.25, 0.3) is 5.91 Å². The van der Waals surface area contributed by atoms with E-state index in [9.17, 15) is 14.4 Å². The van der Waals surface area contributed by atoms with Crippen LogP contribution >= 0.6 is 22.9 Å². The third-order valence-electron chi connectivity index (χ3n) is 5.21. The van der Waals surface area contributed by atoms with Crippen LogP contribution in [-0.2, 0) is 20.7 Å². The molecule has 1 aromatic heterocycles. The molecule has 0 saturated carbocycles. The fraction of sp³-hybridized carbons (Fsp3) is 0.500. The number of anilines is 1. The van der Waals surface area contributed by atoms with Gasteiger partial charge in [0.1, 0.15) is 6.54 Å². The smallest absolute Gasteiger partial charge is 0.255 e. The molecule has 0 radical (unpaired) electrons. The van der Waals surface area contributed by atoms with E-state index in [1.54, 1.807) is 34.5 Å². The predicted molar refractivity (Wildman–Crippen MR) is 133 cm³/mol. The topological polar surface area (TPSA) is 91.8 Å². The normalized spacial score (nSPS) is 18.1. The van der Waals surface area contributed by atoms with Gasteiger partial charge in [0, 0.05) is 25.0 Å². The largest absolute Gasteiger partial charge is 0.372 e. The predicted octanol–water partition coefficient (Wildman–Crippen LogP) is 3.71. The lowest BCUT2D eigenvalue weighted by molar-refractivity contribution is -0.142. The Kier molecular flexibility index (Phi) is 9.04. The summed E-state index contributed by atoms with van der Waals surface area (Å²) in [6, 6.07) is 6.79. The minimum atomic E-state index is -0.357. The Morgan fingerprint density at radius 1 is 1.24 bits per heavy atom. The molecule has 3 rings (SSSR count). The lowest BCUT2D eigenvalue weighted by Gasteiger charge is -2.35. The van der Waals surface area contributed by atoms with Crippen molar-refractivity contribution in [3.63, 3.8) is 0 Å². The third kappa shape index (κ3) is 7.25. The Morgan fingerprint density at radius 3 is 2.56 bits per heavy atom. The molecule has 0 aliphatic carbocycles. The number of nitrogens with one attached hydrogen (secondary N) is 1. The second-order valence-corrected chi connectivity index (χ2v) is 10.2. The van der Waals surface area contributed by atoms with Gasteiger partial charge in [0.15, 0.2) is 5.13 Å². The average molecular weight is 507 g/mol. The van der Waals surface area contributed by atoms with Crippen LogP contribution in [0.25, 0.3) is 0 Å². The van der Waals surface area contributed by atoms with Gasteiger partial charge in [0.2, 0.25) is 11.8 Å². The third-order valence-corrected chi connectivity index (χ3v) is 6.35. The Hall–Kier alpha value is -2.49. The van der Waals surface area contributed by atoms with Gasteiger partial charge >= 0.3 is 0 Å². The van der Waals surface area contributed by atoms with Crippen molar-refractivity contribution in [2.75, 3.05) is 31.5 Å². The van der Waals surface area contributed by atoms with Gasteiger partial charge in [-0.15, -0.1) is 11.3 Å². The molecule has 2 heterocycles. The molecule has 10 heteroatoms. The first kappa shape index (κ1) is 26.1. The maximum absolute atomic E-state index is 13.0. The zero-order chi connectivity index (χ0) is 24.8. The van der Waals surface area contributed by atoms with Gasteiger partial charge in [-0.3, -0.25) is 14.4 Å². The molecular formula is C24H31ClN4O4S. The van der Waals surface area contributed by atoms with Crippen LogP contribution in [0.2, 0.25) is 5.02 Å². The number of carbonyl (C=O) groups is 3. The number of hydrogen-bond donors (Lipinski definition) is 1. The van der Waals surface area contributed by atoms with E-state index in [1.165, 1.54) is 16.2 Å². The first-order valence-electron chi connectivity index (χ1n) is 11.3. The van der Waals surface area contributed by atoms with E-state index in [4.69, 9.17) is 16.3 Å². The Labute approximate surface area is 209 Å². The highest BCUT2D eigenvalue weighted by atomic mass is 35.5. The molecule has 184 valence electrons. The average Bonchev–Trinajstić information content (AvgIpc) is 3.18. The van der Waals surface area contributed by atoms with E-state index in [0.717, 1.165) is 0 Å². The van der Waals surface area contributed by atoms with Crippen LogP contribution in [0.3, 0.4) is 0 Å². The van der Waals surface area contributed by atoms with E-state index >= 15 is 0 Å². The monoisotopic (exact) mass is 506 g/mol. The summed E-state index contributed by atoms with van der Waals surface area (Å²) in [7, 11) is 0. The summed E-state index contributed by atoms with van der Waals surface area (Å²) in [5, 5.41) is 5.26. The lowest BCUT2D eigenvalue weighted by Crippen LogP contribution is -2.48. The van der Waals surface area contributed by atoms with Crippen molar-refractivity contribution in [2.45, 2.75) is 46.3 Å². The van der Waals surface area contributed by atoms with E-state index in [-0.39, 0.29) is 48.8 Å². The van der Waals surface area contributed by atoms with Crippen molar-refractivity contribution in [3.8, 4) is 0 Å². The van der Waals surface area contributed by atoms with Gasteiger partial charge < -0.3 is 19.9 Å². The van der Waals surface area contributed by atoms with Crippen molar-refractivity contribution in [2.24, 2.45) is 5.92 Å². The van der Waals surface area contributed by atoms with Gasteiger partial charge in [-0.05, 0) is 31.9 Å². The van der Waals surface area contributed by atoms with E-state index < -0.39 is 0 Å². The maximum atomic E-state index is 13.0. The Morgan fingerprint density at radius 2 is 1.91 bits per heavy atom. The zero-order valence-corrected chi connectivity index (χ0v) is 21.5. The van der Waals surface area contributed by atoms with Gasteiger partial charge in [-0.1, -0.05) is 37.6 Å². The molecule has 1 fully saturated rings. The lowest BCUT2D eigenvalue weighted by atomic mass is 10.1. The summed E-state index contributed by atoms with van der Waals surface area (Å²) in [6.45, 7) is 9.25. The first-order chi connectivity index (χ1) is 16.1. The van der Waals surface area contributed by atoms with Crippen LogP contribution < -0.4 is 5.32 Å². The van der Waals surface area contributed by atoms with Crippen molar-refractivity contribution in [3.05, 3.63) is 45.9 Å². The van der Waals surface area contributed by atoms with Crippen LogP contribution in [0, 0.1) is 5.92 Å². The number of hydrogen-bond acceptors (Lipinski definition) is 6. The van der Waals surface area contributed by atoms with Crippen molar-refractivity contribution < 1.29 is 19.1 Å². The highest BCUT2D eigenvalue weighted by Gasteiger charge is 2.26. The number of carbonyl (C=O) groups excluding carboxylic acids is 3. The summed E-state index contributed by atoms with van der Waals surface area (Å²) in [4.78, 5) is 46.1. The molecule has 2 aromatic rings. The molecule has 1 saturated heterocycles. The number of benzene rings is 1. The van der Waals surface area contributed by atoms with Crippen LogP contribution in [0.5, 0.6) is 0 Å². The number of rotatable bonds is 8. The van der Waals surface area contributed by atoms with Crippen molar-refractivity contribution in [1.29, 1.82) is 0 Å². The summed E-state index contributed by atoms with van der Waals surface area (Å²) < 4.78 is 5.68. The molecule has 8 nitrogen and oxygen atoms in total. The summed E-state index contributed by atoms with van der Waals surface area (Å²) in [6.07, 6.45) is 0.163. The van der Waals surface area contributed by atoms with E-state index in [2.05, 4.69) is 10.3 Å². The quantitative estimate of drug-likeness (QED) is 0.589. The second kappa shape index (κ2) is 11.8.